The molecule has 0 aliphatic carbocycles. The monoisotopic (exact) mass is 462 g/mol. The van der Waals surface area contributed by atoms with E-state index in [4.69, 9.17) is 10.2 Å². The minimum absolute atomic E-state index is 0.134. The van der Waals surface area contributed by atoms with Crippen molar-refractivity contribution in [3.05, 3.63) is 107 Å². The molecule has 0 bridgehead atoms. The number of benzene rings is 5. The Bertz CT molecular complexity index is 1420. The van der Waals surface area contributed by atoms with Gasteiger partial charge in [-0.25, -0.2) is 0 Å². The molecule has 0 aliphatic rings. The fourth-order valence-electron chi connectivity index (χ4n) is 4.11. The van der Waals surface area contributed by atoms with E-state index in [0.717, 1.165) is 22.8 Å². The van der Waals surface area contributed by atoms with Crippen molar-refractivity contribution in [2.45, 2.75) is 34.6 Å². The molecule has 0 saturated heterocycles. The lowest BCUT2D eigenvalue weighted by molar-refractivity contribution is 0.443. The van der Waals surface area contributed by atoms with E-state index in [1.54, 1.807) is 13.0 Å². The zero-order chi connectivity index (χ0) is 25.1. The van der Waals surface area contributed by atoms with E-state index in [0.29, 0.717) is 5.56 Å². The first-order valence-electron chi connectivity index (χ1n) is 11.6. The Morgan fingerprint density at radius 3 is 1.00 bits per heavy atom. The summed E-state index contributed by atoms with van der Waals surface area (Å²) in [7, 11) is 0. The summed E-state index contributed by atoms with van der Waals surface area (Å²) in [6, 6.07) is 26.5. The lowest BCUT2D eigenvalue weighted by Gasteiger charge is -2.09. The lowest BCUT2D eigenvalue weighted by Crippen LogP contribution is -1.97. The van der Waals surface area contributed by atoms with Gasteiger partial charge in [-0.15, -0.1) is 0 Å². The fourth-order valence-corrected chi connectivity index (χ4v) is 4.11. The van der Waals surface area contributed by atoms with E-state index >= 15 is 0 Å². The van der Waals surface area contributed by atoms with Crippen molar-refractivity contribution < 1.29 is 10.2 Å². The maximum absolute atomic E-state index is 8.94. The summed E-state index contributed by atoms with van der Waals surface area (Å²) in [5, 5.41) is 26.0. The molecule has 0 atom stereocenters. The van der Waals surface area contributed by atoms with Crippen molar-refractivity contribution in [3.63, 3.8) is 0 Å². The molecule has 1 heterocycles. The second kappa shape index (κ2) is 9.98. The van der Waals surface area contributed by atoms with Gasteiger partial charge in [0.25, 0.3) is 0 Å². The highest BCUT2D eigenvalue weighted by Crippen LogP contribution is 2.33. The maximum atomic E-state index is 8.94. The van der Waals surface area contributed by atoms with Gasteiger partial charge in [-0.3, -0.25) is 9.97 Å². The Morgan fingerprint density at radius 2 is 0.714 bits per heavy atom. The van der Waals surface area contributed by atoms with Crippen LogP contribution in [0.3, 0.4) is 0 Å². The summed E-state index contributed by atoms with van der Waals surface area (Å²) in [5.74, 6) is 0.269. The highest BCUT2D eigenvalue weighted by molar-refractivity contribution is 6.22. The van der Waals surface area contributed by atoms with Crippen LogP contribution in [0.25, 0.3) is 32.3 Å². The van der Waals surface area contributed by atoms with E-state index in [1.165, 1.54) is 44.5 Å². The number of aromatic nitrogens is 2. The Hall–Kier alpha value is -4.18. The summed E-state index contributed by atoms with van der Waals surface area (Å²) in [6.07, 6.45) is 0. The third-order valence-corrected chi connectivity index (χ3v) is 6.39. The van der Waals surface area contributed by atoms with Crippen LogP contribution in [0.5, 0.6) is 11.5 Å². The van der Waals surface area contributed by atoms with Crippen LogP contribution in [0.4, 0.5) is 0 Å². The normalized spacial score (nSPS) is 10.7. The predicted octanol–water partition coefficient (Wildman–Crippen LogP) is 7.70. The molecular weight excluding hydrogens is 432 g/mol. The molecule has 0 aliphatic heterocycles. The predicted molar refractivity (Wildman–Crippen MR) is 146 cm³/mol. The molecular formula is C31H30N2O2. The molecule has 0 spiro atoms. The third-order valence-electron chi connectivity index (χ3n) is 6.39. The van der Waals surface area contributed by atoms with Gasteiger partial charge in [-0.1, -0.05) is 66.7 Å². The summed E-state index contributed by atoms with van der Waals surface area (Å²) in [6.45, 7) is 9.58. The van der Waals surface area contributed by atoms with Crippen LogP contribution in [0.1, 0.15) is 28.3 Å². The molecule has 0 amide bonds. The number of aromatic hydroxyl groups is 2. The van der Waals surface area contributed by atoms with E-state index in [9.17, 15) is 0 Å². The summed E-state index contributed by atoms with van der Waals surface area (Å²) < 4.78 is 0. The van der Waals surface area contributed by atoms with Gasteiger partial charge in [0.2, 0.25) is 0 Å². The molecule has 6 rings (SSSR count). The van der Waals surface area contributed by atoms with Gasteiger partial charge in [0, 0.05) is 5.56 Å². The van der Waals surface area contributed by atoms with Crippen LogP contribution in [-0.4, -0.2) is 20.2 Å². The number of hydrogen-bond acceptors (Lipinski definition) is 4. The van der Waals surface area contributed by atoms with Crippen LogP contribution in [0, 0.1) is 34.6 Å². The van der Waals surface area contributed by atoms with Gasteiger partial charge in [-0.2, -0.15) is 0 Å². The Kier molecular flexibility index (Phi) is 6.83. The van der Waals surface area contributed by atoms with Crippen molar-refractivity contribution in [1.82, 2.24) is 9.97 Å². The molecule has 6 aromatic rings. The van der Waals surface area contributed by atoms with Crippen LogP contribution in [0.15, 0.2) is 78.9 Å². The summed E-state index contributed by atoms with van der Waals surface area (Å²) in [4.78, 5) is 8.62. The van der Waals surface area contributed by atoms with E-state index in [-0.39, 0.29) is 11.5 Å². The quantitative estimate of drug-likeness (QED) is 0.227. The van der Waals surface area contributed by atoms with Gasteiger partial charge >= 0.3 is 0 Å². The Labute approximate surface area is 205 Å². The van der Waals surface area contributed by atoms with Crippen molar-refractivity contribution in [2.24, 2.45) is 0 Å². The first kappa shape index (κ1) is 24.0. The summed E-state index contributed by atoms with van der Waals surface area (Å²) in [5.41, 5.74) is 4.65. The van der Waals surface area contributed by atoms with Crippen LogP contribution in [0.2, 0.25) is 0 Å². The molecule has 0 fully saturated rings. The fraction of sp³-hybridized carbons (Fsp3) is 0.161. The number of nitrogens with zero attached hydrogens (tertiary/aromatic N) is 2. The molecule has 2 N–H and O–H groups in total. The average Bonchev–Trinajstić information content (AvgIpc) is 2.86. The van der Waals surface area contributed by atoms with Crippen molar-refractivity contribution in [3.8, 4) is 11.5 Å². The SMILES string of the molecule is Cc1c(O)cccc1O.Cc1nc(C)c(C)nc1C.c1cc2ccc3cccc4ccc(c1)c2c34. The van der Waals surface area contributed by atoms with Crippen LogP contribution >= 0.6 is 0 Å². The molecule has 5 aromatic carbocycles. The highest BCUT2D eigenvalue weighted by atomic mass is 16.3. The van der Waals surface area contributed by atoms with Gasteiger partial charge in [0.05, 0.1) is 22.8 Å². The van der Waals surface area contributed by atoms with Crippen molar-refractivity contribution in [2.75, 3.05) is 0 Å². The van der Waals surface area contributed by atoms with Crippen LogP contribution < -0.4 is 0 Å². The average molecular weight is 463 g/mol. The number of rotatable bonds is 0. The number of phenolic OH excluding ortho intramolecular Hbond substituents is 2. The smallest absolute Gasteiger partial charge is 0.122 e. The first-order valence-corrected chi connectivity index (χ1v) is 11.6. The topological polar surface area (TPSA) is 66.2 Å². The lowest BCUT2D eigenvalue weighted by atomic mass is 9.95. The van der Waals surface area contributed by atoms with Crippen molar-refractivity contribution in [1.29, 1.82) is 0 Å². The second-order valence-corrected chi connectivity index (χ2v) is 8.78. The Morgan fingerprint density at radius 1 is 0.429 bits per heavy atom. The van der Waals surface area contributed by atoms with Gasteiger partial charge in [-0.05, 0) is 79.1 Å². The zero-order valence-electron chi connectivity index (χ0n) is 20.8. The van der Waals surface area contributed by atoms with E-state index < -0.39 is 0 Å². The van der Waals surface area contributed by atoms with Crippen LogP contribution in [-0.2, 0) is 0 Å². The minimum atomic E-state index is 0.134. The molecule has 0 radical (unpaired) electrons. The summed E-state index contributed by atoms with van der Waals surface area (Å²) >= 11 is 0. The van der Waals surface area contributed by atoms with Crippen molar-refractivity contribution >= 4 is 32.3 Å². The van der Waals surface area contributed by atoms with Gasteiger partial charge < -0.3 is 10.2 Å². The zero-order valence-corrected chi connectivity index (χ0v) is 20.8. The largest absolute Gasteiger partial charge is 0.508 e. The maximum Gasteiger partial charge on any atom is 0.122 e. The first-order chi connectivity index (χ1) is 16.8. The molecule has 35 heavy (non-hydrogen) atoms. The highest BCUT2D eigenvalue weighted by Gasteiger charge is 2.06. The second-order valence-electron chi connectivity index (χ2n) is 8.78. The van der Waals surface area contributed by atoms with E-state index in [2.05, 4.69) is 70.6 Å². The molecule has 4 heteroatoms. The molecule has 0 saturated carbocycles. The standard InChI is InChI=1S/C16H10.C8H12N2.C7H8O2/c1-3-11-7-9-13-5-2-6-14-10-8-12(4-1)15(11)16(13)14;1-5-6(2)10-8(4)7(3)9-5;1-5-6(8)3-2-4-7(5)9/h1-10H;1-4H3;2-4,8-9H,1H3. The van der Waals surface area contributed by atoms with Gasteiger partial charge in [0.1, 0.15) is 11.5 Å². The van der Waals surface area contributed by atoms with E-state index in [1.807, 2.05) is 27.7 Å². The Balaban J connectivity index is 0.000000133. The molecule has 1 aromatic heterocycles. The minimum Gasteiger partial charge on any atom is -0.508 e. The number of aryl methyl sites for hydroxylation is 4. The third kappa shape index (κ3) is 5.02. The molecule has 0 unspecified atom stereocenters. The number of phenols is 2. The molecule has 4 nitrogen and oxygen atoms in total. The van der Waals surface area contributed by atoms with Gasteiger partial charge in [0.15, 0.2) is 0 Å². The number of hydrogen-bond donors (Lipinski definition) is 2. The molecule has 176 valence electrons.